The molecule has 2 atom stereocenters. The lowest BCUT2D eigenvalue weighted by molar-refractivity contribution is 0.0784. The number of aromatic nitrogens is 2. The number of rotatable bonds is 2. The molecule has 0 saturated carbocycles. The molecule has 0 spiro atoms. The Hall–Kier alpha value is -2.43. The molecule has 2 aliphatic rings. The summed E-state index contributed by atoms with van der Waals surface area (Å²) in [5.74, 6) is 2.23. The highest BCUT2D eigenvalue weighted by Gasteiger charge is 2.39. The number of aryl methyl sites for hydroxylation is 2. The molecule has 2 aromatic rings. The first-order valence-corrected chi connectivity index (χ1v) is 9.01. The summed E-state index contributed by atoms with van der Waals surface area (Å²) in [4.78, 5) is 17.1. The number of amides is 1. The number of anilines is 1. The summed E-state index contributed by atoms with van der Waals surface area (Å²) < 4.78 is 0. The van der Waals surface area contributed by atoms with Crippen LogP contribution in [0.3, 0.4) is 0 Å². The van der Waals surface area contributed by atoms with E-state index < -0.39 is 0 Å². The molecule has 130 valence electrons. The van der Waals surface area contributed by atoms with Crippen molar-refractivity contribution in [2.45, 2.75) is 20.3 Å². The molecule has 0 aliphatic carbocycles. The van der Waals surface area contributed by atoms with E-state index in [-0.39, 0.29) is 5.91 Å². The van der Waals surface area contributed by atoms with Gasteiger partial charge in [-0.25, -0.2) is 0 Å². The second-order valence-corrected chi connectivity index (χ2v) is 7.36. The summed E-state index contributed by atoms with van der Waals surface area (Å²) in [6, 6.07) is 12.0. The van der Waals surface area contributed by atoms with Gasteiger partial charge >= 0.3 is 0 Å². The van der Waals surface area contributed by atoms with Gasteiger partial charge in [0, 0.05) is 31.7 Å². The molecule has 0 unspecified atom stereocenters. The molecule has 4 rings (SSSR count). The number of likely N-dealkylation sites (tertiary alicyclic amines) is 1. The summed E-state index contributed by atoms with van der Waals surface area (Å²) in [6.45, 7) is 7.67. The van der Waals surface area contributed by atoms with E-state index in [9.17, 15) is 4.79 Å². The molecule has 0 N–H and O–H groups in total. The van der Waals surface area contributed by atoms with Crippen molar-refractivity contribution in [3.63, 3.8) is 0 Å². The zero-order valence-corrected chi connectivity index (χ0v) is 14.9. The third-order valence-corrected chi connectivity index (χ3v) is 5.49. The summed E-state index contributed by atoms with van der Waals surface area (Å²) in [5.41, 5.74) is 2.92. The Morgan fingerprint density at radius 1 is 0.960 bits per heavy atom. The third kappa shape index (κ3) is 3.23. The van der Waals surface area contributed by atoms with Crippen molar-refractivity contribution in [3.8, 4) is 0 Å². The summed E-state index contributed by atoms with van der Waals surface area (Å²) >= 11 is 0. The number of carbonyl (C=O) groups is 1. The van der Waals surface area contributed by atoms with E-state index in [2.05, 4.69) is 15.1 Å². The molecule has 1 aromatic heterocycles. The van der Waals surface area contributed by atoms with Crippen LogP contribution < -0.4 is 4.90 Å². The van der Waals surface area contributed by atoms with Crippen molar-refractivity contribution in [2.75, 3.05) is 31.1 Å². The average Bonchev–Trinajstić information content (AvgIpc) is 3.05. The topological polar surface area (TPSA) is 49.3 Å². The predicted octanol–water partition coefficient (Wildman–Crippen LogP) is 2.69. The van der Waals surface area contributed by atoms with Crippen LogP contribution >= 0.6 is 0 Å². The molecule has 1 amide bonds. The van der Waals surface area contributed by atoms with Crippen LogP contribution in [-0.2, 0) is 0 Å². The number of hydrogen-bond donors (Lipinski definition) is 0. The van der Waals surface area contributed by atoms with Crippen LogP contribution in [0.4, 0.5) is 5.82 Å². The first kappa shape index (κ1) is 16.1. The van der Waals surface area contributed by atoms with Crippen molar-refractivity contribution in [3.05, 3.63) is 53.2 Å². The van der Waals surface area contributed by atoms with Crippen LogP contribution in [-0.4, -0.2) is 47.2 Å². The summed E-state index contributed by atoms with van der Waals surface area (Å²) in [5, 5.41) is 8.50. The normalized spacial score (nSPS) is 22.8. The van der Waals surface area contributed by atoms with Gasteiger partial charge in [-0.15, -0.1) is 5.10 Å². The lowest BCUT2D eigenvalue weighted by atomic mass is 9.89. The van der Waals surface area contributed by atoms with Crippen molar-refractivity contribution in [1.29, 1.82) is 0 Å². The highest BCUT2D eigenvalue weighted by molar-refractivity contribution is 5.94. The van der Waals surface area contributed by atoms with Gasteiger partial charge in [0.15, 0.2) is 5.82 Å². The fourth-order valence-electron chi connectivity index (χ4n) is 3.98. The van der Waals surface area contributed by atoms with Gasteiger partial charge in [0.05, 0.1) is 5.69 Å². The molecular formula is C20H24N4O. The quantitative estimate of drug-likeness (QED) is 0.846. The number of benzene rings is 1. The monoisotopic (exact) mass is 336 g/mol. The lowest BCUT2D eigenvalue weighted by Crippen LogP contribution is -2.40. The van der Waals surface area contributed by atoms with Crippen LogP contribution in [0.25, 0.3) is 0 Å². The Labute approximate surface area is 148 Å². The SMILES string of the molecule is Cc1ccc(C(=O)N2C[C@H]3CCN(c4ccc(C)nn4)C[C@H]3C2)cc1. The average molecular weight is 336 g/mol. The van der Waals surface area contributed by atoms with Gasteiger partial charge in [0.25, 0.3) is 5.91 Å². The third-order valence-electron chi connectivity index (χ3n) is 5.49. The molecule has 2 aliphatic heterocycles. The highest BCUT2D eigenvalue weighted by Crippen LogP contribution is 2.33. The van der Waals surface area contributed by atoms with Crippen LogP contribution in [0.15, 0.2) is 36.4 Å². The number of carbonyl (C=O) groups excluding carboxylic acids is 1. The zero-order valence-electron chi connectivity index (χ0n) is 14.9. The Balaban J connectivity index is 1.43. The molecule has 2 saturated heterocycles. The maximum Gasteiger partial charge on any atom is 0.253 e. The van der Waals surface area contributed by atoms with E-state index in [0.717, 1.165) is 49.7 Å². The zero-order chi connectivity index (χ0) is 17.4. The first-order valence-electron chi connectivity index (χ1n) is 9.01. The Morgan fingerprint density at radius 2 is 1.72 bits per heavy atom. The molecule has 25 heavy (non-hydrogen) atoms. The molecule has 0 radical (unpaired) electrons. The van der Waals surface area contributed by atoms with Gasteiger partial charge in [-0.2, -0.15) is 5.10 Å². The van der Waals surface area contributed by atoms with Crippen LogP contribution in [0.5, 0.6) is 0 Å². The second kappa shape index (κ2) is 6.47. The molecule has 5 heteroatoms. The Kier molecular flexibility index (Phi) is 4.15. The van der Waals surface area contributed by atoms with E-state index in [1.807, 2.05) is 55.1 Å². The van der Waals surface area contributed by atoms with Crippen LogP contribution in [0.1, 0.15) is 28.0 Å². The van der Waals surface area contributed by atoms with E-state index in [1.54, 1.807) is 0 Å². The molecule has 3 heterocycles. The van der Waals surface area contributed by atoms with Gasteiger partial charge in [-0.05, 0) is 56.4 Å². The van der Waals surface area contributed by atoms with E-state index >= 15 is 0 Å². The first-order chi connectivity index (χ1) is 12.1. The Morgan fingerprint density at radius 3 is 2.44 bits per heavy atom. The second-order valence-electron chi connectivity index (χ2n) is 7.36. The van der Waals surface area contributed by atoms with Gasteiger partial charge in [-0.1, -0.05) is 17.7 Å². The van der Waals surface area contributed by atoms with Gasteiger partial charge in [0.2, 0.25) is 0 Å². The Bertz CT molecular complexity index is 756. The molecule has 1 aromatic carbocycles. The smallest absolute Gasteiger partial charge is 0.253 e. The minimum atomic E-state index is 0.163. The van der Waals surface area contributed by atoms with Crippen LogP contribution in [0, 0.1) is 25.7 Å². The summed E-state index contributed by atoms with van der Waals surface area (Å²) in [6.07, 6.45) is 1.11. The fourth-order valence-corrected chi connectivity index (χ4v) is 3.98. The van der Waals surface area contributed by atoms with Crippen molar-refractivity contribution in [2.24, 2.45) is 11.8 Å². The summed E-state index contributed by atoms with van der Waals surface area (Å²) in [7, 11) is 0. The van der Waals surface area contributed by atoms with E-state index in [4.69, 9.17) is 0 Å². The molecule has 0 bridgehead atoms. The molecular weight excluding hydrogens is 312 g/mol. The minimum Gasteiger partial charge on any atom is -0.355 e. The van der Waals surface area contributed by atoms with E-state index in [0.29, 0.717) is 11.8 Å². The number of piperidine rings is 1. The van der Waals surface area contributed by atoms with Crippen molar-refractivity contribution >= 4 is 11.7 Å². The van der Waals surface area contributed by atoms with Crippen molar-refractivity contribution < 1.29 is 4.79 Å². The lowest BCUT2D eigenvalue weighted by Gasteiger charge is -2.34. The predicted molar refractivity (Wildman–Crippen MR) is 97.7 cm³/mol. The number of fused-ring (bicyclic) bond motifs is 1. The maximum absolute atomic E-state index is 12.8. The maximum atomic E-state index is 12.8. The standard InChI is InChI=1S/C20H24N4O/c1-14-3-6-16(7-4-14)20(25)24-11-17-9-10-23(12-18(17)13-24)19-8-5-15(2)21-22-19/h3-8,17-18H,9-13H2,1-2H3/t17-,18+/m1/s1. The minimum absolute atomic E-state index is 0.163. The molecule has 5 nitrogen and oxygen atoms in total. The number of hydrogen-bond acceptors (Lipinski definition) is 4. The fraction of sp³-hybridized carbons (Fsp3) is 0.450. The molecule has 2 fully saturated rings. The largest absolute Gasteiger partial charge is 0.355 e. The van der Waals surface area contributed by atoms with Crippen molar-refractivity contribution in [1.82, 2.24) is 15.1 Å². The van der Waals surface area contributed by atoms with Gasteiger partial charge < -0.3 is 9.80 Å². The van der Waals surface area contributed by atoms with Gasteiger partial charge in [-0.3, -0.25) is 4.79 Å². The highest BCUT2D eigenvalue weighted by atomic mass is 16.2. The van der Waals surface area contributed by atoms with Gasteiger partial charge in [0.1, 0.15) is 0 Å². The van der Waals surface area contributed by atoms with Crippen LogP contribution in [0.2, 0.25) is 0 Å². The van der Waals surface area contributed by atoms with E-state index in [1.165, 1.54) is 5.56 Å². The number of nitrogens with zero attached hydrogens (tertiary/aromatic N) is 4.